The molecule has 2 aromatic heterocycles. The van der Waals surface area contributed by atoms with Gasteiger partial charge in [-0.1, -0.05) is 158 Å². The number of para-hydroxylation sites is 2. The van der Waals surface area contributed by atoms with Gasteiger partial charge in [0.25, 0.3) is 0 Å². The second-order valence-corrected chi connectivity index (χ2v) is 12.5. The molecule has 0 spiro atoms. The lowest BCUT2D eigenvalue weighted by molar-refractivity contribution is 1.15. The number of benzene rings is 7. The largest absolute Gasteiger partial charge is 0.309 e. The molecule has 0 aliphatic rings. The van der Waals surface area contributed by atoms with Gasteiger partial charge in [0.1, 0.15) is 11.6 Å². The zero-order valence-corrected chi connectivity index (χ0v) is 27.6. The molecule has 0 aliphatic heterocycles. The molecule has 0 aliphatic carbocycles. The minimum absolute atomic E-state index is 0.445. The monoisotopic (exact) mass is 650 g/mol. The SMILES string of the molecule is N#Cc1c(-c2ccccc2)nc(-c2cc(-n3c4ccccc4c4ccccc43)c(-c3ccccc3)cc2-c2ccccc2)nc1-c1ccccc1. The van der Waals surface area contributed by atoms with Crippen LogP contribution in [0.3, 0.4) is 0 Å². The quantitative estimate of drug-likeness (QED) is 0.180. The molecule has 4 nitrogen and oxygen atoms in total. The molecule has 9 aromatic rings. The van der Waals surface area contributed by atoms with Crippen LogP contribution < -0.4 is 0 Å². The first-order valence-corrected chi connectivity index (χ1v) is 17.0. The highest BCUT2D eigenvalue weighted by atomic mass is 15.0. The average molecular weight is 651 g/mol. The Morgan fingerprint density at radius 1 is 0.412 bits per heavy atom. The number of hydrogen-bond donors (Lipinski definition) is 0. The Balaban J connectivity index is 1.44. The van der Waals surface area contributed by atoms with Crippen LogP contribution in [-0.4, -0.2) is 14.5 Å². The summed E-state index contributed by atoms with van der Waals surface area (Å²) < 4.78 is 2.37. The number of nitrogens with zero attached hydrogens (tertiary/aromatic N) is 4. The number of fused-ring (bicyclic) bond motifs is 3. The first-order valence-electron chi connectivity index (χ1n) is 17.0. The van der Waals surface area contributed by atoms with Crippen LogP contribution in [0.5, 0.6) is 0 Å². The van der Waals surface area contributed by atoms with E-state index in [4.69, 9.17) is 9.97 Å². The molecule has 0 radical (unpaired) electrons. The summed E-state index contributed by atoms with van der Waals surface area (Å²) in [5.74, 6) is 0.548. The van der Waals surface area contributed by atoms with Gasteiger partial charge in [0, 0.05) is 33.0 Å². The van der Waals surface area contributed by atoms with Gasteiger partial charge in [0.2, 0.25) is 0 Å². The van der Waals surface area contributed by atoms with E-state index in [1.54, 1.807) is 0 Å². The van der Waals surface area contributed by atoms with Crippen molar-refractivity contribution < 1.29 is 0 Å². The van der Waals surface area contributed by atoms with Crippen LogP contribution >= 0.6 is 0 Å². The van der Waals surface area contributed by atoms with Gasteiger partial charge < -0.3 is 4.57 Å². The molecule has 0 saturated carbocycles. The van der Waals surface area contributed by atoms with Crippen molar-refractivity contribution in [3.05, 3.63) is 188 Å². The number of aromatic nitrogens is 3. The van der Waals surface area contributed by atoms with E-state index in [0.29, 0.717) is 22.8 Å². The highest BCUT2D eigenvalue weighted by molar-refractivity contribution is 6.10. The number of rotatable bonds is 6. The van der Waals surface area contributed by atoms with Crippen LogP contribution in [0.15, 0.2) is 182 Å². The molecule has 2 heterocycles. The van der Waals surface area contributed by atoms with Crippen molar-refractivity contribution in [2.75, 3.05) is 0 Å². The molecule has 238 valence electrons. The van der Waals surface area contributed by atoms with E-state index in [2.05, 4.69) is 126 Å². The zero-order chi connectivity index (χ0) is 34.1. The molecular formula is C47H30N4. The first kappa shape index (κ1) is 30.0. The van der Waals surface area contributed by atoms with E-state index in [0.717, 1.165) is 55.7 Å². The topological polar surface area (TPSA) is 54.5 Å². The summed E-state index contributed by atoms with van der Waals surface area (Å²) in [5.41, 5.74) is 11.7. The van der Waals surface area contributed by atoms with Gasteiger partial charge in [-0.15, -0.1) is 0 Å². The maximum absolute atomic E-state index is 10.6. The van der Waals surface area contributed by atoms with Crippen molar-refractivity contribution in [3.63, 3.8) is 0 Å². The van der Waals surface area contributed by atoms with Gasteiger partial charge in [-0.25, -0.2) is 9.97 Å². The van der Waals surface area contributed by atoms with E-state index in [-0.39, 0.29) is 0 Å². The van der Waals surface area contributed by atoms with Gasteiger partial charge in [-0.2, -0.15) is 5.26 Å². The maximum Gasteiger partial charge on any atom is 0.161 e. The van der Waals surface area contributed by atoms with E-state index in [1.807, 2.05) is 66.7 Å². The van der Waals surface area contributed by atoms with Gasteiger partial charge in [0.15, 0.2) is 5.82 Å². The number of hydrogen-bond acceptors (Lipinski definition) is 3. The van der Waals surface area contributed by atoms with E-state index >= 15 is 0 Å². The predicted octanol–water partition coefficient (Wildman–Crippen LogP) is 11.8. The van der Waals surface area contributed by atoms with Crippen molar-refractivity contribution in [3.8, 4) is 67.9 Å². The van der Waals surface area contributed by atoms with Crippen molar-refractivity contribution in [2.24, 2.45) is 0 Å². The normalized spacial score (nSPS) is 11.1. The van der Waals surface area contributed by atoms with E-state index in [9.17, 15) is 5.26 Å². The summed E-state index contributed by atoms with van der Waals surface area (Å²) in [7, 11) is 0. The minimum atomic E-state index is 0.445. The fourth-order valence-electron chi connectivity index (χ4n) is 7.14. The average Bonchev–Trinajstić information content (AvgIpc) is 3.55. The Morgan fingerprint density at radius 3 is 1.29 bits per heavy atom. The Kier molecular flexibility index (Phi) is 7.50. The van der Waals surface area contributed by atoms with Crippen LogP contribution in [0, 0.1) is 11.3 Å². The molecule has 0 fully saturated rings. The van der Waals surface area contributed by atoms with Crippen LogP contribution in [0.4, 0.5) is 0 Å². The van der Waals surface area contributed by atoms with Crippen LogP contribution in [0.25, 0.3) is 83.6 Å². The van der Waals surface area contributed by atoms with Gasteiger partial charge in [-0.3, -0.25) is 0 Å². The molecule has 9 rings (SSSR count). The lowest BCUT2D eigenvalue weighted by Gasteiger charge is -2.20. The van der Waals surface area contributed by atoms with Crippen molar-refractivity contribution in [1.82, 2.24) is 14.5 Å². The third-order valence-corrected chi connectivity index (χ3v) is 9.48. The fourth-order valence-corrected chi connectivity index (χ4v) is 7.14. The second kappa shape index (κ2) is 12.7. The summed E-state index contributed by atoms with van der Waals surface area (Å²) in [4.78, 5) is 10.5. The molecule has 0 bridgehead atoms. The van der Waals surface area contributed by atoms with E-state index < -0.39 is 0 Å². The molecule has 51 heavy (non-hydrogen) atoms. The summed E-state index contributed by atoms with van der Waals surface area (Å²) >= 11 is 0. The molecule has 0 atom stereocenters. The van der Waals surface area contributed by atoms with Crippen molar-refractivity contribution >= 4 is 21.8 Å². The molecular weight excluding hydrogens is 621 g/mol. The van der Waals surface area contributed by atoms with Crippen molar-refractivity contribution in [1.29, 1.82) is 5.26 Å². The molecule has 4 heteroatoms. The zero-order valence-electron chi connectivity index (χ0n) is 27.6. The number of nitriles is 1. The smallest absolute Gasteiger partial charge is 0.161 e. The Hall–Kier alpha value is -7.09. The molecule has 0 amide bonds. The fraction of sp³-hybridized carbons (Fsp3) is 0. The predicted molar refractivity (Wildman–Crippen MR) is 208 cm³/mol. The van der Waals surface area contributed by atoms with Gasteiger partial charge >= 0.3 is 0 Å². The Morgan fingerprint density at radius 2 is 0.824 bits per heavy atom. The standard InChI is InChI=1S/C47H30N4/c48-31-41-45(34-21-9-3-10-22-34)49-47(50-46(41)35-23-11-4-12-24-35)40-30-44(51-42-27-15-13-25-36(42)37-26-14-16-28-43(37)51)39(33-19-7-2-8-20-33)29-38(40)32-17-5-1-6-18-32/h1-30H. The van der Waals surface area contributed by atoms with Gasteiger partial charge in [-0.05, 0) is 41.0 Å². The summed E-state index contributed by atoms with van der Waals surface area (Å²) in [6, 6.07) is 65.0. The Labute approximate surface area is 296 Å². The van der Waals surface area contributed by atoms with Crippen LogP contribution in [0.2, 0.25) is 0 Å². The third kappa shape index (κ3) is 5.25. The second-order valence-electron chi connectivity index (χ2n) is 12.5. The summed E-state index contributed by atoms with van der Waals surface area (Å²) in [6.07, 6.45) is 0. The molecule has 0 N–H and O–H groups in total. The highest BCUT2D eigenvalue weighted by Crippen LogP contribution is 2.43. The summed E-state index contributed by atoms with van der Waals surface area (Å²) in [6.45, 7) is 0. The molecule has 0 unspecified atom stereocenters. The van der Waals surface area contributed by atoms with Gasteiger partial charge in [0.05, 0.1) is 28.1 Å². The molecule has 0 saturated heterocycles. The first-order chi connectivity index (χ1) is 25.3. The lowest BCUT2D eigenvalue weighted by atomic mass is 9.91. The third-order valence-electron chi connectivity index (χ3n) is 9.48. The highest BCUT2D eigenvalue weighted by Gasteiger charge is 2.24. The van der Waals surface area contributed by atoms with Crippen LogP contribution in [0.1, 0.15) is 5.56 Å². The maximum atomic E-state index is 10.6. The van der Waals surface area contributed by atoms with Crippen molar-refractivity contribution in [2.45, 2.75) is 0 Å². The molecule has 7 aromatic carbocycles. The minimum Gasteiger partial charge on any atom is -0.309 e. The lowest BCUT2D eigenvalue weighted by Crippen LogP contribution is -2.04. The van der Waals surface area contributed by atoms with E-state index in [1.165, 1.54) is 10.8 Å². The Bertz CT molecular complexity index is 2610. The summed E-state index contributed by atoms with van der Waals surface area (Å²) in [5, 5.41) is 13.0. The van der Waals surface area contributed by atoms with Crippen LogP contribution in [-0.2, 0) is 0 Å².